The number of ether oxygens (including phenoxy) is 1. The van der Waals surface area contributed by atoms with Crippen LogP contribution in [-0.2, 0) is 14.8 Å². The Morgan fingerprint density at radius 1 is 1.14 bits per heavy atom. The summed E-state index contributed by atoms with van der Waals surface area (Å²) in [5.74, 6) is 0.199. The maximum absolute atomic E-state index is 13.4. The smallest absolute Gasteiger partial charge is 0.243 e. The average molecular weight is 429 g/mol. The van der Waals surface area contributed by atoms with Crippen molar-refractivity contribution in [3.8, 4) is 5.75 Å². The molecule has 8 heteroatoms. The standard InChI is InChI=1S/C20H29ClN2O4S/c1-27-19-12-11-17(13-18(19)21)28(25,26)23(16-9-3-2-4-10-16)14-20(24)22-15-7-5-6-8-15/h11-13,15-16H,2-10,14H2,1H3,(H,22,24). The lowest BCUT2D eigenvalue weighted by Gasteiger charge is -2.33. The van der Waals surface area contributed by atoms with E-state index in [0.29, 0.717) is 5.75 Å². The van der Waals surface area contributed by atoms with Crippen LogP contribution in [0, 0.1) is 0 Å². The summed E-state index contributed by atoms with van der Waals surface area (Å²) >= 11 is 6.16. The second-order valence-electron chi connectivity index (χ2n) is 7.69. The van der Waals surface area contributed by atoms with E-state index >= 15 is 0 Å². The summed E-state index contributed by atoms with van der Waals surface area (Å²) in [6.07, 6.45) is 8.77. The first-order valence-electron chi connectivity index (χ1n) is 10.1. The SMILES string of the molecule is COc1ccc(S(=O)(=O)N(CC(=O)NC2CCCC2)C2CCCCC2)cc1Cl. The van der Waals surface area contributed by atoms with Gasteiger partial charge >= 0.3 is 0 Å². The molecule has 0 heterocycles. The Hall–Kier alpha value is -1.31. The zero-order valence-electron chi connectivity index (χ0n) is 16.3. The van der Waals surface area contributed by atoms with Crippen molar-refractivity contribution in [3.05, 3.63) is 23.2 Å². The molecular formula is C20H29ClN2O4S. The highest BCUT2D eigenvalue weighted by Gasteiger charge is 2.34. The molecule has 28 heavy (non-hydrogen) atoms. The Labute approximate surface area is 172 Å². The molecule has 1 amide bonds. The highest BCUT2D eigenvalue weighted by Crippen LogP contribution is 2.32. The second kappa shape index (κ2) is 9.46. The number of sulfonamides is 1. The molecule has 0 aliphatic heterocycles. The lowest BCUT2D eigenvalue weighted by atomic mass is 9.95. The van der Waals surface area contributed by atoms with Crippen molar-refractivity contribution in [2.75, 3.05) is 13.7 Å². The molecule has 1 N–H and O–H groups in total. The molecular weight excluding hydrogens is 400 g/mol. The van der Waals surface area contributed by atoms with Crippen molar-refractivity contribution in [2.45, 2.75) is 74.8 Å². The number of carbonyl (C=O) groups excluding carboxylic acids is 1. The van der Waals surface area contributed by atoms with Gasteiger partial charge in [-0.25, -0.2) is 8.42 Å². The number of carbonyl (C=O) groups is 1. The van der Waals surface area contributed by atoms with Gasteiger partial charge in [0.2, 0.25) is 15.9 Å². The third-order valence-corrected chi connectivity index (χ3v) is 7.92. The van der Waals surface area contributed by atoms with Crippen LogP contribution in [-0.4, -0.2) is 44.4 Å². The molecule has 0 saturated heterocycles. The number of amides is 1. The quantitative estimate of drug-likeness (QED) is 0.717. The number of hydrogen-bond donors (Lipinski definition) is 1. The summed E-state index contributed by atoms with van der Waals surface area (Å²) in [4.78, 5) is 12.7. The molecule has 0 aromatic heterocycles. The zero-order chi connectivity index (χ0) is 20.1. The molecule has 6 nitrogen and oxygen atoms in total. The van der Waals surface area contributed by atoms with Crippen LogP contribution in [0.2, 0.25) is 5.02 Å². The largest absolute Gasteiger partial charge is 0.495 e. The number of halogens is 1. The van der Waals surface area contributed by atoms with Crippen LogP contribution in [0.1, 0.15) is 57.8 Å². The summed E-state index contributed by atoms with van der Waals surface area (Å²) in [6.45, 7) is -0.146. The van der Waals surface area contributed by atoms with E-state index in [9.17, 15) is 13.2 Å². The number of nitrogens with zero attached hydrogens (tertiary/aromatic N) is 1. The molecule has 3 rings (SSSR count). The molecule has 2 saturated carbocycles. The van der Waals surface area contributed by atoms with Gasteiger partial charge in [-0.1, -0.05) is 43.7 Å². The molecule has 2 aliphatic carbocycles. The number of nitrogens with one attached hydrogen (secondary N) is 1. The van der Waals surface area contributed by atoms with Gasteiger partial charge in [-0.2, -0.15) is 4.31 Å². The van der Waals surface area contributed by atoms with Crippen LogP contribution in [0.4, 0.5) is 0 Å². The minimum absolute atomic E-state index is 0.0949. The van der Waals surface area contributed by atoms with E-state index in [1.807, 2.05) is 0 Å². The van der Waals surface area contributed by atoms with Crippen molar-refractivity contribution in [2.24, 2.45) is 0 Å². The Morgan fingerprint density at radius 2 is 1.79 bits per heavy atom. The van der Waals surface area contributed by atoms with Gasteiger partial charge in [-0.15, -0.1) is 0 Å². The monoisotopic (exact) mass is 428 g/mol. The third kappa shape index (κ3) is 4.99. The summed E-state index contributed by atoms with van der Waals surface area (Å²) < 4.78 is 33.3. The molecule has 1 aromatic carbocycles. The Kier molecular flexibility index (Phi) is 7.23. The summed E-state index contributed by atoms with van der Waals surface area (Å²) in [6, 6.07) is 4.45. The molecule has 1 aromatic rings. The maximum Gasteiger partial charge on any atom is 0.243 e. The first kappa shape index (κ1) is 21.4. The first-order chi connectivity index (χ1) is 13.4. The molecule has 0 atom stereocenters. The molecule has 0 bridgehead atoms. The highest BCUT2D eigenvalue weighted by atomic mass is 35.5. The topological polar surface area (TPSA) is 75.7 Å². The number of benzene rings is 1. The van der Waals surface area contributed by atoms with Crippen molar-refractivity contribution in [1.82, 2.24) is 9.62 Å². The maximum atomic E-state index is 13.4. The highest BCUT2D eigenvalue weighted by molar-refractivity contribution is 7.89. The molecule has 0 spiro atoms. The van der Waals surface area contributed by atoms with Crippen LogP contribution >= 0.6 is 11.6 Å². The van der Waals surface area contributed by atoms with Gasteiger partial charge < -0.3 is 10.1 Å². The van der Waals surface area contributed by atoms with Crippen molar-refractivity contribution in [1.29, 1.82) is 0 Å². The minimum atomic E-state index is -3.84. The normalized spacial score (nSPS) is 19.1. The molecule has 0 radical (unpaired) electrons. The first-order valence-corrected chi connectivity index (χ1v) is 11.9. The van der Waals surface area contributed by atoms with Gasteiger partial charge in [0.05, 0.1) is 23.6 Å². The summed E-state index contributed by atoms with van der Waals surface area (Å²) in [5.41, 5.74) is 0. The van der Waals surface area contributed by atoms with Gasteiger partial charge in [0, 0.05) is 12.1 Å². The van der Waals surface area contributed by atoms with Gasteiger partial charge in [0.1, 0.15) is 5.75 Å². The van der Waals surface area contributed by atoms with E-state index < -0.39 is 10.0 Å². The predicted molar refractivity (Wildman–Crippen MR) is 109 cm³/mol. The molecule has 2 aliphatic rings. The van der Waals surface area contributed by atoms with Crippen molar-refractivity contribution >= 4 is 27.5 Å². The Balaban J connectivity index is 1.83. The zero-order valence-corrected chi connectivity index (χ0v) is 17.9. The van der Waals surface area contributed by atoms with Crippen molar-refractivity contribution in [3.63, 3.8) is 0 Å². The summed E-state index contributed by atoms with van der Waals surface area (Å²) in [7, 11) is -2.36. The van der Waals surface area contributed by atoms with Gasteiger partial charge in [0.15, 0.2) is 0 Å². The van der Waals surface area contributed by atoms with E-state index in [1.54, 1.807) is 6.07 Å². The minimum Gasteiger partial charge on any atom is -0.495 e. The average Bonchev–Trinajstić information content (AvgIpc) is 3.19. The molecule has 156 valence electrons. The lowest BCUT2D eigenvalue weighted by Crippen LogP contribution is -2.48. The van der Waals surface area contributed by atoms with E-state index in [-0.39, 0.29) is 34.5 Å². The van der Waals surface area contributed by atoms with Crippen LogP contribution in [0.25, 0.3) is 0 Å². The van der Waals surface area contributed by atoms with Crippen LogP contribution in [0.3, 0.4) is 0 Å². The fraction of sp³-hybridized carbons (Fsp3) is 0.650. The molecule has 0 unspecified atom stereocenters. The third-order valence-electron chi connectivity index (χ3n) is 5.73. The van der Waals surface area contributed by atoms with E-state index in [2.05, 4.69) is 5.32 Å². The van der Waals surface area contributed by atoms with Gasteiger partial charge in [0.25, 0.3) is 0 Å². The number of hydrogen-bond acceptors (Lipinski definition) is 4. The van der Waals surface area contributed by atoms with E-state index in [4.69, 9.17) is 16.3 Å². The lowest BCUT2D eigenvalue weighted by molar-refractivity contribution is -0.122. The fourth-order valence-electron chi connectivity index (χ4n) is 4.21. The fourth-order valence-corrected chi connectivity index (χ4v) is 6.20. The summed E-state index contributed by atoms with van der Waals surface area (Å²) in [5, 5.41) is 3.25. The number of methoxy groups -OCH3 is 1. The van der Waals surface area contributed by atoms with E-state index in [1.165, 1.54) is 23.5 Å². The van der Waals surface area contributed by atoms with Crippen LogP contribution < -0.4 is 10.1 Å². The second-order valence-corrected chi connectivity index (χ2v) is 9.99. The number of rotatable bonds is 7. The van der Waals surface area contributed by atoms with Crippen LogP contribution in [0.15, 0.2) is 23.1 Å². The molecule has 2 fully saturated rings. The van der Waals surface area contributed by atoms with E-state index in [0.717, 1.165) is 57.8 Å². The Morgan fingerprint density at radius 3 is 2.39 bits per heavy atom. The van der Waals surface area contributed by atoms with Crippen LogP contribution in [0.5, 0.6) is 5.75 Å². The van der Waals surface area contributed by atoms with Gasteiger partial charge in [-0.05, 0) is 43.9 Å². The predicted octanol–water partition coefficient (Wildman–Crippen LogP) is 3.73. The van der Waals surface area contributed by atoms with Gasteiger partial charge in [-0.3, -0.25) is 4.79 Å². The van der Waals surface area contributed by atoms with Crippen molar-refractivity contribution < 1.29 is 17.9 Å². The Bertz CT molecular complexity index is 787.